The average Bonchev–Trinajstić information content (AvgIpc) is 3.31. The van der Waals surface area contributed by atoms with Crippen molar-refractivity contribution in [2.75, 3.05) is 10.7 Å². The number of furan rings is 1. The number of carbonyl (C=O) groups excluding carboxylic acids is 1. The number of aryl methyl sites for hydroxylation is 1. The van der Waals surface area contributed by atoms with Crippen molar-refractivity contribution < 1.29 is 13.9 Å². The molecule has 0 saturated carbocycles. The van der Waals surface area contributed by atoms with Crippen molar-refractivity contribution in [2.45, 2.75) is 25.0 Å². The SMILES string of the molecule is CCc1ccc(OCc2ccc(SCC(=O)N(c3ccccc3)c3ccccc3)o2)cc1. The van der Waals surface area contributed by atoms with E-state index in [0.717, 1.165) is 29.3 Å². The highest BCUT2D eigenvalue weighted by Crippen LogP contribution is 2.28. The number of rotatable bonds is 9. The molecule has 0 atom stereocenters. The van der Waals surface area contributed by atoms with E-state index in [9.17, 15) is 4.79 Å². The standard InChI is InChI=1S/C27H25NO3S/c1-2-21-13-15-24(16-14-21)30-19-25-17-18-27(31-25)32-20-26(29)28(22-9-5-3-6-10-22)23-11-7-4-8-12-23/h3-18H,2,19-20H2,1H3. The van der Waals surface area contributed by atoms with E-state index in [0.29, 0.717) is 11.7 Å². The monoisotopic (exact) mass is 443 g/mol. The molecule has 0 spiro atoms. The Labute approximate surface area is 192 Å². The number of benzene rings is 3. The summed E-state index contributed by atoms with van der Waals surface area (Å²) in [6, 6.07) is 31.2. The summed E-state index contributed by atoms with van der Waals surface area (Å²) >= 11 is 1.38. The number of para-hydroxylation sites is 2. The quantitative estimate of drug-likeness (QED) is 0.265. The van der Waals surface area contributed by atoms with Gasteiger partial charge in [-0.3, -0.25) is 9.69 Å². The minimum absolute atomic E-state index is 0.0161. The molecule has 1 heterocycles. The van der Waals surface area contributed by atoms with Crippen LogP contribution in [0.1, 0.15) is 18.2 Å². The molecule has 5 heteroatoms. The smallest absolute Gasteiger partial charge is 0.242 e. The molecule has 0 aliphatic carbocycles. The summed E-state index contributed by atoms with van der Waals surface area (Å²) in [5.74, 6) is 1.78. The number of anilines is 2. The number of hydrogen-bond donors (Lipinski definition) is 0. The molecule has 4 aromatic rings. The molecule has 4 nitrogen and oxygen atoms in total. The Morgan fingerprint density at radius 3 is 2.06 bits per heavy atom. The first-order valence-electron chi connectivity index (χ1n) is 10.6. The van der Waals surface area contributed by atoms with Crippen molar-refractivity contribution >= 4 is 29.0 Å². The van der Waals surface area contributed by atoms with E-state index < -0.39 is 0 Å². The van der Waals surface area contributed by atoms with Crippen molar-refractivity contribution in [3.8, 4) is 5.75 Å². The van der Waals surface area contributed by atoms with Gasteiger partial charge in [-0.15, -0.1) is 0 Å². The Kier molecular flexibility index (Phi) is 7.31. The molecule has 1 aromatic heterocycles. The number of ether oxygens (including phenoxy) is 1. The molecule has 0 aliphatic heterocycles. The van der Waals surface area contributed by atoms with Gasteiger partial charge in [0, 0.05) is 11.4 Å². The Hall–Kier alpha value is -3.44. The molecule has 32 heavy (non-hydrogen) atoms. The van der Waals surface area contributed by atoms with E-state index in [2.05, 4.69) is 19.1 Å². The number of carbonyl (C=O) groups is 1. The third kappa shape index (κ3) is 5.62. The van der Waals surface area contributed by atoms with E-state index in [4.69, 9.17) is 9.15 Å². The third-order valence-electron chi connectivity index (χ3n) is 4.97. The van der Waals surface area contributed by atoms with Crippen molar-refractivity contribution in [1.29, 1.82) is 0 Å². The zero-order valence-corrected chi connectivity index (χ0v) is 18.8. The summed E-state index contributed by atoms with van der Waals surface area (Å²) in [7, 11) is 0. The van der Waals surface area contributed by atoms with Gasteiger partial charge in [-0.1, -0.05) is 67.2 Å². The van der Waals surface area contributed by atoms with Crippen LogP contribution in [0.4, 0.5) is 11.4 Å². The van der Waals surface area contributed by atoms with Gasteiger partial charge in [-0.05, 0) is 60.5 Å². The van der Waals surface area contributed by atoms with Gasteiger partial charge in [0.1, 0.15) is 18.1 Å². The maximum absolute atomic E-state index is 13.1. The molecule has 4 rings (SSSR count). The topological polar surface area (TPSA) is 42.7 Å². The number of hydrogen-bond acceptors (Lipinski definition) is 4. The third-order valence-corrected chi connectivity index (χ3v) is 5.86. The van der Waals surface area contributed by atoms with E-state index in [1.165, 1.54) is 17.3 Å². The second-order valence-electron chi connectivity index (χ2n) is 7.20. The summed E-state index contributed by atoms with van der Waals surface area (Å²) in [5.41, 5.74) is 2.96. The largest absolute Gasteiger partial charge is 0.486 e. The van der Waals surface area contributed by atoms with E-state index in [1.807, 2.05) is 84.9 Å². The molecular formula is C27H25NO3S. The van der Waals surface area contributed by atoms with Crippen molar-refractivity contribution in [3.63, 3.8) is 0 Å². The molecule has 0 bridgehead atoms. The Morgan fingerprint density at radius 1 is 0.844 bits per heavy atom. The normalized spacial score (nSPS) is 10.7. The van der Waals surface area contributed by atoms with Crippen LogP contribution in [0, 0.1) is 0 Å². The summed E-state index contributed by atoms with van der Waals surface area (Å²) in [5, 5.41) is 0.694. The average molecular weight is 444 g/mol. The van der Waals surface area contributed by atoms with Crippen molar-refractivity contribution in [1.82, 2.24) is 0 Å². The maximum Gasteiger partial charge on any atom is 0.242 e. The lowest BCUT2D eigenvalue weighted by Gasteiger charge is -2.22. The highest BCUT2D eigenvalue weighted by atomic mass is 32.2. The Balaban J connectivity index is 1.37. The fourth-order valence-electron chi connectivity index (χ4n) is 3.28. The molecule has 0 fully saturated rings. The first-order valence-corrected chi connectivity index (χ1v) is 11.6. The lowest BCUT2D eigenvalue weighted by molar-refractivity contribution is -0.115. The zero-order valence-electron chi connectivity index (χ0n) is 17.9. The van der Waals surface area contributed by atoms with Crippen LogP contribution in [0.2, 0.25) is 0 Å². The van der Waals surface area contributed by atoms with Crippen LogP contribution in [0.5, 0.6) is 5.75 Å². The van der Waals surface area contributed by atoms with Crippen molar-refractivity contribution in [2.24, 2.45) is 0 Å². The van der Waals surface area contributed by atoms with Crippen LogP contribution in [-0.4, -0.2) is 11.7 Å². The van der Waals surface area contributed by atoms with Crippen LogP contribution in [0.25, 0.3) is 0 Å². The first-order chi connectivity index (χ1) is 15.7. The molecule has 1 amide bonds. The molecular weight excluding hydrogens is 418 g/mol. The van der Waals surface area contributed by atoms with Crippen molar-refractivity contribution in [3.05, 3.63) is 108 Å². The van der Waals surface area contributed by atoms with Gasteiger partial charge in [0.25, 0.3) is 0 Å². The number of nitrogens with zero attached hydrogens (tertiary/aromatic N) is 1. The fraction of sp³-hybridized carbons (Fsp3) is 0.148. The van der Waals surface area contributed by atoms with E-state index in [-0.39, 0.29) is 11.7 Å². The van der Waals surface area contributed by atoms with E-state index >= 15 is 0 Å². The zero-order chi connectivity index (χ0) is 22.2. The van der Waals surface area contributed by atoms with Gasteiger partial charge < -0.3 is 9.15 Å². The summed E-state index contributed by atoms with van der Waals surface area (Å²) < 4.78 is 11.7. The molecule has 0 saturated heterocycles. The van der Waals surface area contributed by atoms with Gasteiger partial charge in [-0.25, -0.2) is 0 Å². The van der Waals surface area contributed by atoms with Gasteiger partial charge >= 0.3 is 0 Å². The highest BCUT2D eigenvalue weighted by molar-refractivity contribution is 7.99. The molecule has 0 radical (unpaired) electrons. The number of amides is 1. The van der Waals surface area contributed by atoms with Crippen LogP contribution in [0.3, 0.4) is 0 Å². The van der Waals surface area contributed by atoms with Crippen LogP contribution < -0.4 is 9.64 Å². The predicted molar refractivity (Wildman–Crippen MR) is 130 cm³/mol. The maximum atomic E-state index is 13.1. The molecule has 0 N–H and O–H groups in total. The summed E-state index contributed by atoms with van der Waals surface area (Å²) in [6.07, 6.45) is 1.00. The van der Waals surface area contributed by atoms with Gasteiger partial charge in [0.05, 0.1) is 5.75 Å². The second kappa shape index (κ2) is 10.7. The lowest BCUT2D eigenvalue weighted by atomic mass is 10.2. The summed E-state index contributed by atoms with van der Waals surface area (Å²) in [4.78, 5) is 14.9. The predicted octanol–water partition coefficient (Wildman–Crippen LogP) is 6.88. The van der Waals surface area contributed by atoms with Gasteiger partial charge in [-0.2, -0.15) is 0 Å². The second-order valence-corrected chi connectivity index (χ2v) is 8.18. The Bertz CT molecular complexity index is 1090. The first kappa shape index (κ1) is 21.8. The van der Waals surface area contributed by atoms with Gasteiger partial charge in [0.2, 0.25) is 5.91 Å². The molecule has 162 valence electrons. The van der Waals surface area contributed by atoms with Gasteiger partial charge in [0.15, 0.2) is 5.09 Å². The van der Waals surface area contributed by atoms with Crippen LogP contribution in [-0.2, 0) is 17.8 Å². The highest BCUT2D eigenvalue weighted by Gasteiger charge is 2.18. The molecule has 3 aromatic carbocycles. The minimum Gasteiger partial charge on any atom is -0.486 e. The lowest BCUT2D eigenvalue weighted by Crippen LogP contribution is -2.27. The van der Waals surface area contributed by atoms with Crippen LogP contribution in [0.15, 0.2) is 107 Å². The fourth-order valence-corrected chi connectivity index (χ4v) is 4.00. The summed E-state index contributed by atoms with van der Waals surface area (Å²) in [6.45, 7) is 2.47. The Morgan fingerprint density at radius 2 is 1.47 bits per heavy atom. The molecule has 0 unspecified atom stereocenters. The minimum atomic E-state index is -0.0161. The van der Waals surface area contributed by atoms with Crippen LogP contribution >= 0.6 is 11.8 Å². The number of thioether (sulfide) groups is 1. The molecule has 0 aliphatic rings. The van der Waals surface area contributed by atoms with E-state index in [1.54, 1.807) is 4.90 Å².